The van der Waals surface area contributed by atoms with Gasteiger partial charge in [0.25, 0.3) is 0 Å². The summed E-state index contributed by atoms with van der Waals surface area (Å²) in [5, 5.41) is 0.0412. The van der Waals surface area contributed by atoms with Crippen LogP contribution in [-0.2, 0) is 9.53 Å². The first kappa shape index (κ1) is 17.0. The fraction of sp³-hybridized carbons (Fsp3) is 0.467. The maximum absolute atomic E-state index is 14.1. The molecule has 22 heavy (non-hydrogen) atoms. The van der Waals surface area contributed by atoms with Gasteiger partial charge in [-0.05, 0) is 0 Å². The molecule has 1 saturated heterocycles. The SMILES string of the molecule is CC(C(N)=O)C1OC(=O)N(F)C1c1cc[c]([Sn]([CH3])([CH3])[CH3])cc1. The number of amides is 2. The zero-order valence-corrected chi connectivity index (χ0v) is 16.0. The molecule has 0 radical (unpaired) electrons. The molecule has 3 atom stereocenters. The number of nitrogens with two attached hydrogens (primary N) is 1. The number of nitrogens with zero attached hydrogens (tertiary/aromatic N) is 1. The van der Waals surface area contributed by atoms with E-state index in [0.717, 1.165) is 0 Å². The van der Waals surface area contributed by atoms with Gasteiger partial charge in [0.1, 0.15) is 0 Å². The van der Waals surface area contributed by atoms with Crippen LogP contribution in [0.2, 0.25) is 14.8 Å². The summed E-state index contributed by atoms with van der Waals surface area (Å²) >= 11 is -2.20. The van der Waals surface area contributed by atoms with Crippen molar-refractivity contribution in [1.82, 2.24) is 5.12 Å². The van der Waals surface area contributed by atoms with E-state index in [1.54, 1.807) is 12.1 Å². The van der Waals surface area contributed by atoms with Gasteiger partial charge in [-0.15, -0.1) is 0 Å². The Morgan fingerprint density at radius 2 is 1.86 bits per heavy atom. The molecular formula is C15H21FN2O3Sn. The van der Waals surface area contributed by atoms with Gasteiger partial charge in [0.2, 0.25) is 0 Å². The summed E-state index contributed by atoms with van der Waals surface area (Å²) in [5.74, 6) is -1.39. The van der Waals surface area contributed by atoms with Crippen molar-refractivity contribution in [3.8, 4) is 0 Å². The van der Waals surface area contributed by atoms with Crippen LogP contribution in [0.25, 0.3) is 0 Å². The zero-order chi connectivity index (χ0) is 16.7. The van der Waals surface area contributed by atoms with E-state index < -0.39 is 48.4 Å². The van der Waals surface area contributed by atoms with Gasteiger partial charge in [-0.3, -0.25) is 0 Å². The molecule has 3 unspecified atom stereocenters. The van der Waals surface area contributed by atoms with Crippen LogP contribution in [0.5, 0.6) is 0 Å². The second-order valence-electron chi connectivity index (χ2n) is 6.67. The van der Waals surface area contributed by atoms with Crippen LogP contribution in [0.3, 0.4) is 0 Å². The third kappa shape index (κ3) is 3.21. The number of rotatable bonds is 4. The molecule has 0 bridgehead atoms. The Kier molecular flexibility index (Phi) is 4.70. The van der Waals surface area contributed by atoms with Crippen molar-refractivity contribution in [2.45, 2.75) is 33.9 Å². The molecule has 2 amide bonds. The van der Waals surface area contributed by atoms with E-state index in [-0.39, 0.29) is 5.12 Å². The van der Waals surface area contributed by atoms with Crippen LogP contribution in [0.15, 0.2) is 24.3 Å². The molecule has 1 heterocycles. The monoisotopic (exact) mass is 416 g/mol. The fourth-order valence-corrected chi connectivity index (χ4v) is 5.84. The Balaban J connectivity index is 2.35. The molecule has 2 N–H and O–H groups in total. The maximum atomic E-state index is 14.1. The van der Waals surface area contributed by atoms with Gasteiger partial charge in [0.15, 0.2) is 0 Å². The third-order valence-corrected chi connectivity index (χ3v) is 9.92. The molecule has 1 fully saturated rings. The number of carbonyl (C=O) groups excluding carboxylic acids is 2. The summed E-state index contributed by atoms with van der Waals surface area (Å²) in [6, 6.07) is 6.62. The average Bonchev–Trinajstić information content (AvgIpc) is 2.73. The van der Waals surface area contributed by atoms with Crippen molar-refractivity contribution in [2.24, 2.45) is 11.7 Å². The van der Waals surface area contributed by atoms with Crippen molar-refractivity contribution in [1.29, 1.82) is 0 Å². The molecule has 0 spiro atoms. The Labute approximate surface area is 133 Å². The first-order valence-corrected chi connectivity index (χ1v) is 17.2. The Hall–Kier alpha value is -1.31. The Morgan fingerprint density at radius 3 is 2.32 bits per heavy atom. The summed E-state index contributed by atoms with van der Waals surface area (Å²) in [5.41, 5.74) is 5.87. The minimum atomic E-state index is -2.20. The minimum absolute atomic E-state index is 0.0412. The molecule has 2 rings (SSSR count). The van der Waals surface area contributed by atoms with E-state index in [1.807, 2.05) is 12.1 Å². The second kappa shape index (κ2) is 6.06. The number of cyclic esters (lactones) is 1. The van der Waals surface area contributed by atoms with Crippen molar-refractivity contribution in [3.05, 3.63) is 29.8 Å². The number of carbonyl (C=O) groups is 2. The van der Waals surface area contributed by atoms with E-state index in [2.05, 4.69) is 14.8 Å². The fourth-order valence-electron chi connectivity index (χ4n) is 2.51. The molecule has 120 valence electrons. The van der Waals surface area contributed by atoms with Crippen LogP contribution >= 0.6 is 0 Å². The first-order valence-electron chi connectivity index (χ1n) is 7.18. The van der Waals surface area contributed by atoms with Gasteiger partial charge in [-0.2, -0.15) is 0 Å². The molecule has 0 saturated carbocycles. The number of primary amides is 1. The van der Waals surface area contributed by atoms with Crippen LogP contribution in [0.4, 0.5) is 9.28 Å². The normalized spacial score (nSPS) is 23.3. The van der Waals surface area contributed by atoms with Crippen LogP contribution < -0.4 is 9.31 Å². The molecule has 1 aliphatic heterocycles. The molecule has 1 aromatic rings. The van der Waals surface area contributed by atoms with Crippen molar-refractivity contribution < 1.29 is 18.8 Å². The predicted molar refractivity (Wildman–Crippen MR) is 83.7 cm³/mol. The number of ether oxygens (including phenoxy) is 1. The predicted octanol–water partition coefficient (Wildman–Crippen LogP) is 2.10. The van der Waals surface area contributed by atoms with Crippen molar-refractivity contribution in [3.63, 3.8) is 0 Å². The van der Waals surface area contributed by atoms with Crippen LogP contribution in [0, 0.1) is 5.92 Å². The summed E-state index contributed by atoms with van der Waals surface area (Å²) in [6.07, 6.45) is -2.00. The summed E-state index contributed by atoms with van der Waals surface area (Å²) in [4.78, 5) is 29.7. The number of benzene rings is 1. The zero-order valence-electron chi connectivity index (χ0n) is 13.2. The van der Waals surface area contributed by atoms with Gasteiger partial charge in [-0.25, -0.2) is 0 Å². The van der Waals surface area contributed by atoms with Gasteiger partial charge < -0.3 is 0 Å². The first-order chi connectivity index (χ1) is 10.1. The molecular weight excluding hydrogens is 394 g/mol. The van der Waals surface area contributed by atoms with Crippen molar-refractivity contribution in [2.75, 3.05) is 0 Å². The van der Waals surface area contributed by atoms with Crippen molar-refractivity contribution >= 4 is 34.0 Å². The van der Waals surface area contributed by atoms with Crippen LogP contribution in [-0.4, -0.2) is 41.6 Å². The van der Waals surface area contributed by atoms with E-state index in [4.69, 9.17) is 10.5 Å². The summed E-state index contributed by atoms with van der Waals surface area (Å²) in [7, 11) is 0. The second-order valence-corrected chi connectivity index (χ2v) is 21.2. The third-order valence-electron chi connectivity index (χ3n) is 4.03. The molecule has 0 aromatic heterocycles. The summed E-state index contributed by atoms with van der Waals surface area (Å²) < 4.78 is 20.4. The van der Waals surface area contributed by atoms with Gasteiger partial charge in [0, 0.05) is 0 Å². The average molecular weight is 415 g/mol. The summed E-state index contributed by atoms with van der Waals surface area (Å²) in [6.45, 7) is 1.53. The Morgan fingerprint density at radius 1 is 1.32 bits per heavy atom. The van der Waals surface area contributed by atoms with Crippen LogP contribution in [0.1, 0.15) is 18.5 Å². The standard InChI is InChI=1S/C12H12FN2O3.3CH3.Sn/c1-7(11(14)16)10-9(15(13)12(17)18-10)8-5-3-2-4-6-8;;;;/h3-7,9-10H,1H3,(H2,14,16);3*1H3;. The number of hydrogen-bond donors (Lipinski definition) is 1. The van der Waals surface area contributed by atoms with E-state index in [1.165, 1.54) is 10.5 Å². The molecule has 1 aromatic carbocycles. The van der Waals surface area contributed by atoms with E-state index >= 15 is 0 Å². The van der Waals surface area contributed by atoms with Gasteiger partial charge in [0.05, 0.1) is 0 Å². The quantitative estimate of drug-likeness (QED) is 0.605. The molecule has 0 aliphatic carbocycles. The number of halogens is 1. The Bertz CT molecular complexity index is 585. The molecule has 7 heteroatoms. The molecule has 5 nitrogen and oxygen atoms in total. The van der Waals surface area contributed by atoms with Gasteiger partial charge in [-0.1, -0.05) is 0 Å². The topological polar surface area (TPSA) is 72.6 Å². The van der Waals surface area contributed by atoms with Gasteiger partial charge >= 0.3 is 133 Å². The molecule has 1 aliphatic rings. The van der Waals surface area contributed by atoms with E-state index in [9.17, 15) is 14.1 Å². The van der Waals surface area contributed by atoms with E-state index in [0.29, 0.717) is 5.56 Å². The number of hydrogen-bond acceptors (Lipinski definition) is 3.